The first-order valence-electron chi connectivity index (χ1n) is 7.15. The molecule has 0 saturated carbocycles. The standard InChI is InChI=1S/C17H16BNO2/c1-2-21-16-11-19(13-6-4-3-5-7-13)17(20)15-10-12(18)8-9-14(15)16/h4,6-11H,2-3,5H2,1H3. The van der Waals surface area contributed by atoms with Gasteiger partial charge in [-0.05, 0) is 25.8 Å². The van der Waals surface area contributed by atoms with Crippen molar-refractivity contribution in [3.8, 4) is 5.75 Å². The first-order chi connectivity index (χ1) is 10.2. The molecule has 0 unspecified atom stereocenters. The van der Waals surface area contributed by atoms with Gasteiger partial charge in [0.05, 0.1) is 18.2 Å². The molecule has 1 aromatic heterocycles. The molecule has 21 heavy (non-hydrogen) atoms. The molecule has 0 N–H and O–H groups in total. The zero-order valence-corrected chi connectivity index (χ0v) is 12.0. The van der Waals surface area contributed by atoms with Gasteiger partial charge in [0.2, 0.25) is 0 Å². The summed E-state index contributed by atoms with van der Waals surface area (Å²) in [5.74, 6) is 0.701. The highest BCUT2D eigenvalue weighted by Gasteiger charge is 2.12. The first kappa shape index (κ1) is 13.7. The number of pyridine rings is 1. The minimum atomic E-state index is -0.0708. The number of hydrogen-bond acceptors (Lipinski definition) is 2. The molecule has 0 bridgehead atoms. The van der Waals surface area contributed by atoms with Crippen molar-refractivity contribution >= 4 is 29.8 Å². The van der Waals surface area contributed by atoms with Crippen LogP contribution in [0.1, 0.15) is 19.8 Å². The molecule has 3 nitrogen and oxygen atoms in total. The fourth-order valence-corrected chi connectivity index (χ4v) is 2.57. The second kappa shape index (κ2) is 5.64. The van der Waals surface area contributed by atoms with Crippen molar-refractivity contribution in [2.45, 2.75) is 19.8 Å². The lowest BCUT2D eigenvalue weighted by atomic mass is 9.94. The quantitative estimate of drug-likeness (QED) is 0.807. The third-order valence-electron chi connectivity index (χ3n) is 3.56. The van der Waals surface area contributed by atoms with E-state index in [0.717, 1.165) is 23.9 Å². The Morgan fingerprint density at radius 1 is 1.29 bits per heavy atom. The van der Waals surface area contributed by atoms with Crippen LogP contribution in [0.4, 0.5) is 0 Å². The second-order valence-corrected chi connectivity index (χ2v) is 5.02. The smallest absolute Gasteiger partial charge is 0.263 e. The summed E-state index contributed by atoms with van der Waals surface area (Å²) >= 11 is 0. The molecule has 0 amide bonds. The molecule has 0 atom stereocenters. The Kier molecular flexibility index (Phi) is 3.69. The summed E-state index contributed by atoms with van der Waals surface area (Å²) < 4.78 is 7.33. The molecule has 1 aliphatic carbocycles. The lowest BCUT2D eigenvalue weighted by Gasteiger charge is -2.15. The van der Waals surface area contributed by atoms with Crippen LogP contribution in [0.2, 0.25) is 0 Å². The third kappa shape index (κ3) is 2.53. The van der Waals surface area contributed by atoms with Crippen molar-refractivity contribution in [1.82, 2.24) is 4.57 Å². The maximum atomic E-state index is 12.7. The van der Waals surface area contributed by atoms with Crippen molar-refractivity contribution < 1.29 is 4.74 Å². The second-order valence-electron chi connectivity index (χ2n) is 5.02. The van der Waals surface area contributed by atoms with Gasteiger partial charge < -0.3 is 4.74 Å². The molecular weight excluding hydrogens is 261 g/mol. The van der Waals surface area contributed by atoms with Gasteiger partial charge in [0, 0.05) is 11.1 Å². The summed E-state index contributed by atoms with van der Waals surface area (Å²) in [4.78, 5) is 12.7. The average Bonchev–Trinajstić information content (AvgIpc) is 2.51. The molecule has 1 aromatic carbocycles. The molecule has 3 rings (SSSR count). The van der Waals surface area contributed by atoms with Gasteiger partial charge in [0.15, 0.2) is 0 Å². The summed E-state index contributed by atoms with van der Waals surface area (Å²) in [6, 6.07) is 5.34. The molecule has 0 saturated heterocycles. The number of fused-ring (bicyclic) bond motifs is 1. The van der Waals surface area contributed by atoms with Crippen LogP contribution in [0.25, 0.3) is 16.5 Å². The number of rotatable bonds is 3. The molecule has 4 heteroatoms. The predicted molar refractivity (Wildman–Crippen MR) is 87.4 cm³/mol. The van der Waals surface area contributed by atoms with Crippen LogP contribution in [0, 0.1) is 0 Å². The Hall–Kier alpha value is -2.23. The number of aromatic nitrogens is 1. The van der Waals surface area contributed by atoms with Gasteiger partial charge in [0.25, 0.3) is 5.56 Å². The largest absolute Gasteiger partial charge is 0.492 e. The number of ether oxygens (including phenoxy) is 1. The molecule has 0 fully saturated rings. The zero-order valence-electron chi connectivity index (χ0n) is 12.0. The highest BCUT2D eigenvalue weighted by Crippen LogP contribution is 2.24. The van der Waals surface area contributed by atoms with E-state index in [2.05, 4.69) is 12.2 Å². The lowest BCUT2D eigenvalue weighted by molar-refractivity contribution is 0.342. The van der Waals surface area contributed by atoms with Crippen molar-refractivity contribution in [2.75, 3.05) is 6.61 Å². The summed E-state index contributed by atoms with van der Waals surface area (Å²) in [7, 11) is 5.83. The Balaban J connectivity index is 2.30. The maximum Gasteiger partial charge on any atom is 0.263 e. The van der Waals surface area contributed by atoms with E-state index in [1.165, 1.54) is 0 Å². The molecule has 2 radical (unpaired) electrons. The van der Waals surface area contributed by atoms with Crippen molar-refractivity contribution in [3.05, 3.63) is 53.0 Å². The number of nitrogens with zero attached hydrogens (tertiary/aromatic N) is 1. The topological polar surface area (TPSA) is 31.2 Å². The molecule has 1 heterocycles. The molecular formula is C17H16BNO2. The van der Waals surface area contributed by atoms with Gasteiger partial charge in [-0.2, -0.15) is 0 Å². The Labute approximate surface area is 125 Å². The summed E-state index contributed by atoms with van der Waals surface area (Å²) in [5.41, 5.74) is 1.39. The number of hydrogen-bond donors (Lipinski definition) is 0. The Morgan fingerprint density at radius 3 is 2.86 bits per heavy atom. The summed E-state index contributed by atoms with van der Waals surface area (Å²) in [5, 5.41) is 1.38. The van der Waals surface area contributed by atoms with Gasteiger partial charge >= 0.3 is 0 Å². The van der Waals surface area contributed by atoms with E-state index in [0.29, 0.717) is 23.2 Å². The van der Waals surface area contributed by atoms with Crippen molar-refractivity contribution in [2.24, 2.45) is 0 Å². The molecule has 0 aliphatic heterocycles. The van der Waals surface area contributed by atoms with Crippen LogP contribution in [-0.4, -0.2) is 19.0 Å². The fraction of sp³-hybridized carbons (Fsp3) is 0.235. The van der Waals surface area contributed by atoms with E-state index in [1.807, 2.05) is 19.1 Å². The van der Waals surface area contributed by atoms with Gasteiger partial charge in [-0.15, -0.1) is 0 Å². The normalized spacial score (nSPS) is 14.2. The van der Waals surface area contributed by atoms with E-state index < -0.39 is 0 Å². The van der Waals surface area contributed by atoms with Gasteiger partial charge in [0.1, 0.15) is 13.6 Å². The van der Waals surface area contributed by atoms with Crippen molar-refractivity contribution in [1.29, 1.82) is 0 Å². The van der Waals surface area contributed by atoms with Crippen LogP contribution < -0.4 is 15.8 Å². The molecule has 2 aromatic rings. The Morgan fingerprint density at radius 2 is 2.14 bits per heavy atom. The van der Waals surface area contributed by atoms with Crippen LogP contribution in [0.15, 0.2) is 47.4 Å². The van der Waals surface area contributed by atoms with Gasteiger partial charge in [-0.3, -0.25) is 9.36 Å². The zero-order chi connectivity index (χ0) is 14.8. The Bertz CT molecular complexity index is 802. The van der Waals surface area contributed by atoms with E-state index in [1.54, 1.807) is 22.9 Å². The van der Waals surface area contributed by atoms with E-state index in [9.17, 15) is 4.79 Å². The molecule has 104 valence electrons. The van der Waals surface area contributed by atoms with Crippen LogP contribution in [0.5, 0.6) is 5.75 Å². The van der Waals surface area contributed by atoms with Gasteiger partial charge in [-0.25, -0.2) is 0 Å². The summed E-state index contributed by atoms with van der Waals surface area (Å²) in [6.45, 7) is 2.48. The van der Waals surface area contributed by atoms with Crippen molar-refractivity contribution in [3.63, 3.8) is 0 Å². The lowest BCUT2D eigenvalue weighted by Crippen LogP contribution is -2.21. The van der Waals surface area contributed by atoms with Crippen LogP contribution >= 0.6 is 0 Å². The SMILES string of the molecule is [B]c1ccc2c(OCC)cn(C3=CCCC=C3)c(=O)c2c1. The van der Waals surface area contributed by atoms with E-state index in [-0.39, 0.29) is 5.56 Å². The van der Waals surface area contributed by atoms with Crippen LogP contribution in [0.3, 0.4) is 0 Å². The van der Waals surface area contributed by atoms with E-state index in [4.69, 9.17) is 12.6 Å². The highest BCUT2D eigenvalue weighted by molar-refractivity contribution is 6.33. The minimum Gasteiger partial charge on any atom is -0.492 e. The van der Waals surface area contributed by atoms with E-state index >= 15 is 0 Å². The molecule has 1 aliphatic rings. The third-order valence-corrected chi connectivity index (χ3v) is 3.56. The summed E-state index contributed by atoms with van der Waals surface area (Å²) in [6.07, 6.45) is 9.83. The maximum absolute atomic E-state index is 12.7. The highest BCUT2D eigenvalue weighted by atomic mass is 16.5. The van der Waals surface area contributed by atoms with Crippen LogP contribution in [-0.2, 0) is 0 Å². The minimum absolute atomic E-state index is 0.0708. The fourth-order valence-electron chi connectivity index (χ4n) is 2.57. The predicted octanol–water partition coefficient (Wildman–Crippen LogP) is 2.38. The number of allylic oxidation sites excluding steroid dienone is 4. The number of benzene rings is 1. The first-order valence-corrected chi connectivity index (χ1v) is 7.15. The average molecular weight is 277 g/mol. The monoisotopic (exact) mass is 277 g/mol. The van der Waals surface area contributed by atoms with Gasteiger partial charge in [-0.1, -0.05) is 35.8 Å². The molecule has 0 spiro atoms.